The smallest absolute Gasteiger partial charge is 0.471 e. The van der Waals surface area contributed by atoms with E-state index < -0.39 is 54.2 Å². The van der Waals surface area contributed by atoms with Gasteiger partial charge >= 0.3 is 24.1 Å². The van der Waals surface area contributed by atoms with Gasteiger partial charge in [-0.15, -0.1) is 11.8 Å². The van der Waals surface area contributed by atoms with Gasteiger partial charge in [-0.1, -0.05) is 56.2 Å². The Bertz CT molecular complexity index is 1490. The summed E-state index contributed by atoms with van der Waals surface area (Å²) in [5.41, 5.74) is 1.61. The Hall–Kier alpha value is -4.39. The van der Waals surface area contributed by atoms with E-state index in [9.17, 15) is 42.9 Å². The fraction of sp³-hybridized carbons (Fsp3) is 0.344. The highest BCUT2D eigenvalue weighted by molar-refractivity contribution is 7.99. The second-order valence-corrected chi connectivity index (χ2v) is 11.4. The minimum Gasteiger partial charge on any atom is -0.504 e. The van der Waals surface area contributed by atoms with E-state index in [4.69, 9.17) is 4.74 Å². The molecule has 4 N–H and O–H groups in total. The fourth-order valence-electron chi connectivity index (χ4n) is 4.44. The molecule has 2 atom stereocenters. The van der Waals surface area contributed by atoms with Gasteiger partial charge in [0, 0.05) is 16.3 Å². The number of hydrogen-bond donors (Lipinski definition) is 4. The number of nitrogens with one attached hydrogen (secondary N) is 1. The molecule has 0 saturated carbocycles. The van der Waals surface area contributed by atoms with Gasteiger partial charge in [0.2, 0.25) is 0 Å². The summed E-state index contributed by atoms with van der Waals surface area (Å²) in [5.74, 6) is -3.87. The third kappa shape index (κ3) is 10.6. The summed E-state index contributed by atoms with van der Waals surface area (Å²) in [4.78, 5) is 38.0. The first-order valence-electron chi connectivity index (χ1n) is 14.1. The van der Waals surface area contributed by atoms with Crippen molar-refractivity contribution in [1.82, 2.24) is 5.32 Å². The van der Waals surface area contributed by atoms with Gasteiger partial charge in [-0.05, 0) is 60.4 Å². The van der Waals surface area contributed by atoms with Crippen molar-refractivity contribution in [2.75, 3.05) is 10.7 Å². The van der Waals surface area contributed by atoms with Crippen LogP contribution in [0.2, 0.25) is 0 Å². The third-order valence-electron chi connectivity index (χ3n) is 6.87. The molecule has 0 radical (unpaired) electrons. The number of amides is 2. The number of thioether (sulfide) groups is 1. The van der Waals surface area contributed by atoms with Gasteiger partial charge in [0.05, 0.1) is 19.0 Å². The number of aryl methyl sites for hydroxylation is 1. The summed E-state index contributed by atoms with van der Waals surface area (Å²) >= 11 is 1.23. The van der Waals surface area contributed by atoms with Crippen molar-refractivity contribution >= 4 is 35.4 Å². The molecule has 0 heterocycles. The third-order valence-corrected chi connectivity index (χ3v) is 7.99. The Morgan fingerprint density at radius 3 is 2.38 bits per heavy atom. The van der Waals surface area contributed by atoms with E-state index in [-0.39, 0.29) is 23.5 Å². The van der Waals surface area contributed by atoms with Crippen LogP contribution in [0.15, 0.2) is 71.6 Å². The fourth-order valence-corrected chi connectivity index (χ4v) is 5.43. The summed E-state index contributed by atoms with van der Waals surface area (Å²) in [7, 11) is 0. The zero-order valence-electron chi connectivity index (χ0n) is 24.7. The number of phenols is 2. The number of carboxylic acid groups (broad SMARTS) is 1. The Kier molecular flexibility index (Phi) is 12.5. The van der Waals surface area contributed by atoms with Crippen molar-refractivity contribution in [2.24, 2.45) is 0 Å². The number of alkyl halides is 3. The molecule has 0 spiro atoms. The molecular weight excluding hydrogens is 613 g/mol. The second kappa shape index (κ2) is 16.1. The number of anilines is 1. The number of carboxylic acids is 1. The van der Waals surface area contributed by atoms with E-state index in [1.165, 1.54) is 36.0 Å². The predicted octanol–water partition coefficient (Wildman–Crippen LogP) is 7.09. The molecular formula is C32H35F3N2O7S. The van der Waals surface area contributed by atoms with Gasteiger partial charge in [0.1, 0.15) is 6.10 Å². The minimum atomic E-state index is -5.09. The van der Waals surface area contributed by atoms with Gasteiger partial charge in [0.15, 0.2) is 11.5 Å². The SMILES string of the molecule is CCCC[C@@H](CSc1cccc(N(Cc2ccccc2C)C(=O)C(F)(F)F)c1)OC(=O)N[C@@H](CC(=O)O)c1ccc(O)c(O)c1. The molecule has 3 aromatic carbocycles. The van der Waals surface area contributed by atoms with Gasteiger partial charge < -0.3 is 30.3 Å². The molecule has 0 aliphatic rings. The van der Waals surface area contributed by atoms with Crippen molar-refractivity contribution in [3.05, 3.63) is 83.4 Å². The Morgan fingerprint density at radius 2 is 1.73 bits per heavy atom. The van der Waals surface area contributed by atoms with Crippen LogP contribution < -0.4 is 10.2 Å². The highest BCUT2D eigenvalue weighted by Gasteiger charge is 2.43. The van der Waals surface area contributed by atoms with E-state index in [2.05, 4.69) is 5.32 Å². The number of hydrogen-bond acceptors (Lipinski definition) is 7. The largest absolute Gasteiger partial charge is 0.504 e. The molecule has 0 aliphatic heterocycles. The van der Waals surface area contributed by atoms with E-state index in [1.54, 1.807) is 43.3 Å². The lowest BCUT2D eigenvalue weighted by atomic mass is 10.0. The second-order valence-electron chi connectivity index (χ2n) is 10.3. The number of aliphatic carboxylic acids is 1. The highest BCUT2D eigenvalue weighted by atomic mass is 32.2. The molecule has 0 bridgehead atoms. The van der Waals surface area contributed by atoms with Gasteiger partial charge in [-0.25, -0.2) is 4.79 Å². The molecule has 0 fully saturated rings. The zero-order chi connectivity index (χ0) is 33.1. The first-order chi connectivity index (χ1) is 21.3. The molecule has 0 saturated heterocycles. The Labute approximate surface area is 263 Å². The molecule has 0 unspecified atom stereocenters. The Balaban J connectivity index is 1.76. The van der Waals surface area contributed by atoms with Gasteiger partial charge in [0.25, 0.3) is 0 Å². The molecule has 3 aromatic rings. The maximum atomic E-state index is 13.6. The quantitative estimate of drug-likeness (QED) is 0.107. The summed E-state index contributed by atoms with van der Waals surface area (Å²) in [5, 5.41) is 31.2. The van der Waals surface area contributed by atoms with E-state index in [1.807, 2.05) is 6.92 Å². The van der Waals surface area contributed by atoms with E-state index in [0.29, 0.717) is 28.2 Å². The lowest BCUT2D eigenvalue weighted by molar-refractivity contribution is -0.170. The van der Waals surface area contributed by atoms with Crippen molar-refractivity contribution < 1.29 is 47.6 Å². The number of phenolic OH excluding ortho intramolecular Hbond substituents is 2. The average molecular weight is 649 g/mol. The maximum absolute atomic E-state index is 13.6. The van der Waals surface area contributed by atoms with Gasteiger partial charge in [-0.2, -0.15) is 13.2 Å². The molecule has 0 aliphatic carbocycles. The predicted molar refractivity (Wildman–Crippen MR) is 163 cm³/mol. The molecule has 9 nitrogen and oxygen atoms in total. The van der Waals surface area contributed by atoms with Crippen molar-refractivity contribution in [2.45, 2.75) is 69.3 Å². The summed E-state index contributed by atoms with van der Waals surface area (Å²) < 4.78 is 46.4. The summed E-state index contributed by atoms with van der Waals surface area (Å²) in [6, 6.07) is 15.6. The molecule has 3 rings (SSSR count). The van der Waals surface area contributed by atoms with Crippen molar-refractivity contribution in [1.29, 1.82) is 0 Å². The maximum Gasteiger partial charge on any atom is 0.471 e. The number of benzene rings is 3. The number of ether oxygens (including phenoxy) is 1. The first-order valence-corrected chi connectivity index (χ1v) is 15.1. The number of aromatic hydroxyl groups is 2. The van der Waals surface area contributed by atoms with Crippen LogP contribution in [0, 0.1) is 6.92 Å². The summed E-state index contributed by atoms with van der Waals surface area (Å²) in [6.45, 7) is 3.43. The van der Waals surface area contributed by atoms with Crippen molar-refractivity contribution in [3.8, 4) is 11.5 Å². The van der Waals surface area contributed by atoms with Crippen LogP contribution in [0.3, 0.4) is 0 Å². The van der Waals surface area contributed by atoms with Crippen LogP contribution in [0.1, 0.15) is 55.3 Å². The topological polar surface area (TPSA) is 136 Å². The zero-order valence-corrected chi connectivity index (χ0v) is 25.5. The number of carbonyl (C=O) groups is 3. The van der Waals surface area contributed by atoms with Crippen LogP contribution in [-0.2, 0) is 20.9 Å². The molecule has 2 amide bonds. The standard InChI is InChI=1S/C32H35F3N2O7S/c1-3-4-11-24(44-31(43)36-26(17-29(40)41)21-13-14-27(38)28(39)15-21)19-45-25-12-7-10-23(16-25)37(30(42)32(33,34)35)18-22-9-6-5-8-20(22)2/h5-10,12-16,24,26,38-39H,3-4,11,17-19H2,1-2H3,(H,36,43)(H,40,41)/t24-,26-/m0/s1. The van der Waals surface area contributed by atoms with Crippen LogP contribution in [-0.4, -0.2) is 51.3 Å². The van der Waals surface area contributed by atoms with E-state index >= 15 is 0 Å². The number of halogens is 3. The normalized spacial score (nSPS) is 12.6. The number of alkyl carbamates (subject to hydrolysis) is 1. The highest BCUT2D eigenvalue weighted by Crippen LogP contribution is 2.32. The lowest BCUT2D eigenvalue weighted by Crippen LogP contribution is -2.41. The first kappa shape index (κ1) is 35.1. The monoisotopic (exact) mass is 648 g/mol. The molecule has 45 heavy (non-hydrogen) atoms. The average Bonchev–Trinajstić information content (AvgIpc) is 2.98. The number of nitrogens with zero attached hydrogens (tertiary/aromatic N) is 1. The lowest BCUT2D eigenvalue weighted by Gasteiger charge is -2.25. The number of rotatable bonds is 14. The molecule has 242 valence electrons. The van der Waals surface area contributed by atoms with Crippen LogP contribution in [0.5, 0.6) is 11.5 Å². The van der Waals surface area contributed by atoms with Gasteiger partial charge in [-0.3, -0.25) is 9.59 Å². The van der Waals surface area contributed by atoms with Crippen LogP contribution in [0.25, 0.3) is 0 Å². The van der Waals surface area contributed by atoms with Crippen LogP contribution >= 0.6 is 11.8 Å². The molecule has 0 aromatic heterocycles. The van der Waals surface area contributed by atoms with Crippen molar-refractivity contribution in [3.63, 3.8) is 0 Å². The minimum absolute atomic E-state index is 0.0583. The summed E-state index contributed by atoms with van der Waals surface area (Å²) in [6.07, 6.45) is -5.18. The van der Waals surface area contributed by atoms with Crippen LogP contribution in [0.4, 0.5) is 23.7 Å². The number of unbranched alkanes of at least 4 members (excludes halogenated alkanes) is 1. The Morgan fingerprint density at radius 1 is 1.00 bits per heavy atom. The van der Waals surface area contributed by atoms with E-state index in [0.717, 1.165) is 18.1 Å². The molecule has 13 heteroatoms. The number of carbonyl (C=O) groups excluding carboxylic acids is 2.